The fraction of sp³-hybridized carbons (Fsp3) is 0.389. The smallest absolute Gasteiger partial charge is 0.0850 e. The summed E-state index contributed by atoms with van der Waals surface area (Å²) in [7, 11) is 0. The molecule has 0 aliphatic rings. The number of aromatic nitrogens is 1. The highest BCUT2D eigenvalue weighted by atomic mass is 16.3. The molecule has 2 aromatic rings. The van der Waals surface area contributed by atoms with Gasteiger partial charge in [0.05, 0.1) is 6.10 Å². The quantitative estimate of drug-likeness (QED) is 0.914. The number of nitrogens with zero attached hydrogens (tertiary/aromatic N) is 1. The van der Waals surface area contributed by atoms with Crippen molar-refractivity contribution in [3.05, 3.63) is 64.0 Å². The van der Waals surface area contributed by atoms with Crippen LogP contribution in [0.1, 0.15) is 46.5 Å². The van der Waals surface area contributed by atoms with Crippen LogP contribution >= 0.6 is 0 Å². The standard InChI is InChI=1S/C18H23NO/c1-5-15-6-7-16(19-11-15)10-17(20)18-13(3)8-12(2)9-14(18)4/h6-9,11,17,20H,5,10H2,1-4H3. The maximum atomic E-state index is 10.5. The lowest BCUT2D eigenvalue weighted by Gasteiger charge is -2.17. The van der Waals surface area contributed by atoms with E-state index in [0.717, 1.165) is 28.8 Å². The third-order valence-electron chi connectivity index (χ3n) is 3.77. The van der Waals surface area contributed by atoms with Crippen LogP contribution in [0.5, 0.6) is 0 Å². The number of aliphatic hydroxyl groups is 1. The van der Waals surface area contributed by atoms with E-state index in [0.29, 0.717) is 6.42 Å². The van der Waals surface area contributed by atoms with Crippen LogP contribution in [-0.2, 0) is 12.8 Å². The Morgan fingerprint density at radius 2 is 1.75 bits per heavy atom. The van der Waals surface area contributed by atoms with E-state index in [9.17, 15) is 5.11 Å². The molecular formula is C18H23NO. The van der Waals surface area contributed by atoms with Gasteiger partial charge in [0.15, 0.2) is 0 Å². The summed E-state index contributed by atoms with van der Waals surface area (Å²) >= 11 is 0. The molecule has 1 N–H and O–H groups in total. The SMILES string of the molecule is CCc1ccc(CC(O)c2c(C)cc(C)cc2C)nc1. The van der Waals surface area contributed by atoms with Crippen molar-refractivity contribution < 1.29 is 5.11 Å². The van der Waals surface area contributed by atoms with Crippen molar-refractivity contribution in [2.24, 2.45) is 0 Å². The Labute approximate surface area is 121 Å². The first-order valence-corrected chi connectivity index (χ1v) is 7.21. The van der Waals surface area contributed by atoms with Gasteiger partial charge in [-0.15, -0.1) is 0 Å². The molecule has 1 aromatic carbocycles. The van der Waals surface area contributed by atoms with Gasteiger partial charge in [0.2, 0.25) is 0 Å². The molecule has 2 rings (SSSR count). The van der Waals surface area contributed by atoms with E-state index in [2.05, 4.69) is 50.9 Å². The van der Waals surface area contributed by atoms with Gasteiger partial charge in [-0.05, 0) is 55.5 Å². The Balaban J connectivity index is 2.21. The first-order valence-electron chi connectivity index (χ1n) is 7.21. The van der Waals surface area contributed by atoms with Crippen molar-refractivity contribution in [2.45, 2.75) is 46.6 Å². The second-order valence-electron chi connectivity index (χ2n) is 5.54. The number of rotatable bonds is 4. The van der Waals surface area contributed by atoms with Crippen LogP contribution in [-0.4, -0.2) is 10.1 Å². The first kappa shape index (κ1) is 14.7. The maximum Gasteiger partial charge on any atom is 0.0850 e. The summed E-state index contributed by atoms with van der Waals surface area (Å²) < 4.78 is 0. The summed E-state index contributed by atoms with van der Waals surface area (Å²) in [4.78, 5) is 4.43. The largest absolute Gasteiger partial charge is 0.388 e. The highest BCUT2D eigenvalue weighted by Crippen LogP contribution is 2.25. The molecule has 0 aliphatic heterocycles. The predicted octanol–water partition coefficient (Wildman–Crippen LogP) is 3.85. The summed E-state index contributed by atoms with van der Waals surface area (Å²) in [6.45, 7) is 8.32. The second kappa shape index (κ2) is 6.19. The number of hydrogen-bond acceptors (Lipinski definition) is 2. The zero-order valence-corrected chi connectivity index (χ0v) is 12.8. The molecule has 106 valence electrons. The van der Waals surface area contributed by atoms with Crippen LogP contribution in [0.4, 0.5) is 0 Å². The molecule has 0 fully saturated rings. The normalized spacial score (nSPS) is 12.4. The van der Waals surface area contributed by atoms with Gasteiger partial charge < -0.3 is 5.11 Å². The monoisotopic (exact) mass is 269 g/mol. The van der Waals surface area contributed by atoms with Crippen LogP contribution in [0.15, 0.2) is 30.5 Å². The first-order chi connectivity index (χ1) is 9.51. The highest BCUT2D eigenvalue weighted by Gasteiger charge is 2.15. The van der Waals surface area contributed by atoms with Gasteiger partial charge in [-0.25, -0.2) is 0 Å². The molecule has 1 unspecified atom stereocenters. The Morgan fingerprint density at radius 3 is 2.25 bits per heavy atom. The van der Waals surface area contributed by atoms with E-state index < -0.39 is 6.10 Å². The number of aliphatic hydroxyl groups excluding tert-OH is 1. The lowest BCUT2D eigenvalue weighted by molar-refractivity contribution is 0.175. The molecule has 1 atom stereocenters. The Kier molecular flexibility index (Phi) is 4.56. The van der Waals surface area contributed by atoms with Gasteiger partial charge in [-0.3, -0.25) is 4.98 Å². The van der Waals surface area contributed by atoms with E-state index >= 15 is 0 Å². The third kappa shape index (κ3) is 3.26. The van der Waals surface area contributed by atoms with E-state index in [1.165, 1.54) is 11.1 Å². The summed E-state index contributed by atoms with van der Waals surface area (Å²) in [6, 6.07) is 8.35. The molecule has 0 saturated heterocycles. The van der Waals surface area contributed by atoms with Crippen LogP contribution in [0.25, 0.3) is 0 Å². The van der Waals surface area contributed by atoms with Gasteiger partial charge in [0.1, 0.15) is 0 Å². The minimum Gasteiger partial charge on any atom is -0.388 e. The predicted molar refractivity (Wildman–Crippen MR) is 82.9 cm³/mol. The van der Waals surface area contributed by atoms with Gasteiger partial charge in [0.25, 0.3) is 0 Å². The summed E-state index contributed by atoms with van der Waals surface area (Å²) in [5.74, 6) is 0. The van der Waals surface area contributed by atoms with E-state index in [1.807, 2.05) is 12.3 Å². The van der Waals surface area contributed by atoms with Crippen LogP contribution in [0.2, 0.25) is 0 Å². The molecule has 0 spiro atoms. The summed E-state index contributed by atoms with van der Waals surface area (Å²) in [5, 5.41) is 10.5. The number of benzene rings is 1. The highest BCUT2D eigenvalue weighted by molar-refractivity contribution is 5.39. The summed E-state index contributed by atoms with van der Waals surface area (Å²) in [6.07, 6.45) is 2.97. The van der Waals surface area contributed by atoms with Crippen LogP contribution in [0, 0.1) is 20.8 Å². The zero-order chi connectivity index (χ0) is 14.7. The van der Waals surface area contributed by atoms with E-state index in [4.69, 9.17) is 0 Å². The fourth-order valence-corrected chi connectivity index (χ4v) is 2.80. The molecule has 1 heterocycles. The fourth-order valence-electron chi connectivity index (χ4n) is 2.80. The molecule has 20 heavy (non-hydrogen) atoms. The number of pyridine rings is 1. The van der Waals surface area contributed by atoms with Gasteiger partial charge >= 0.3 is 0 Å². The number of hydrogen-bond donors (Lipinski definition) is 1. The topological polar surface area (TPSA) is 33.1 Å². The number of aryl methyl sites for hydroxylation is 4. The van der Waals surface area contributed by atoms with Gasteiger partial charge in [-0.1, -0.05) is 30.7 Å². The van der Waals surface area contributed by atoms with Crippen molar-refractivity contribution in [1.29, 1.82) is 0 Å². The van der Waals surface area contributed by atoms with Crippen molar-refractivity contribution in [3.63, 3.8) is 0 Å². The molecule has 1 aromatic heterocycles. The molecule has 0 saturated carbocycles. The van der Waals surface area contributed by atoms with Crippen molar-refractivity contribution >= 4 is 0 Å². The third-order valence-corrected chi connectivity index (χ3v) is 3.77. The Hall–Kier alpha value is -1.67. The van der Waals surface area contributed by atoms with E-state index in [1.54, 1.807) is 0 Å². The molecular weight excluding hydrogens is 246 g/mol. The van der Waals surface area contributed by atoms with Gasteiger partial charge in [0, 0.05) is 18.3 Å². The van der Waals surface area contributed by atoms with Crippen molar-refractivity contribution in [3.8, 4) is 0 Å². The maximum absolute atomic E-state index is 10.5. The van der Waals surface area contributed by atoms with Crippen molar-refractivity contribution in [1.82, 2.24) is 4.98 Å². The minimum atomic E-state index is -0.490. The Bertz CT molecular complexity index is 564. The molecule has 0 radical (unpaired) electrons. The van der Waals surface area contributed by atoms with Crippen LogP contribution < -0.4 is 0 Å². The average molecular weight is 269 g/mol. The second-order valence-corrected chi connectivity index (χ2v) is 5.54. The van der Waals surface area contributed by atoms with Crippen molar-refractivity contribution in [2.75, 3.05) is 0 Å². The molecule has 2 nitrogen and oxygen atoms in total. The molecule has 0 bridgehead atoms. The van der Waals surface area contributed by atoms with Crippen LogP contribution in [0.3, 0.4) is 0 Å². The lowest BCUT2D eigenvalue weighted by Crippen LogP contribution is -2.08. The Morgan fingerprint density at radius 1 is 1.10 bits per heavy atom. The summed E-state index contributed by atoms with van der Waals surface area (Å²) in [5.41, 5.74) is 6.75. The average Bonchev–Trinajstić information content (AvgIpc) is 2.38. The zero-order valence-electron chi connectivity index (χ0n) is 12.8. The van der Waals surface area contributed by atoms with Gasteiger partial charge in [-0.2, -0.15) is 0 Å². The molecule has 2 heteroatoms. The molecule has 0 amide bonds. The lowest BCUT2D eigenvalue weighted by atomic mass is 9.93. The molecule has 0 aliphatic carbocycles. The minimum absolute atomic E-state index is 0.490. The van der Waals surface area contributed by atoms with E-state index in [-0.39, 0.29) is 0 Å².